The summed E-state index contributed by atoms with van der Waals surface area (Å²) in [6.45, 7) is 0. The number of carbonyl (C=O) groups is 3. The van der Waals surface area contributed by atoms with Crippen molar-refractivity contribution in [2.24, 2.45) is 5.10 Å². The molecule has 0 radical (unpaired) electrons. The van der Waals surface area contributed by atoms with E-state index in [9.17, 15) is 34.6 Å². The summed E-state index contributed by atoms with van der Waals surface area (Å²) in [6.07, 6.45) is -0.263. The van der Waals surface area contributed by atoms with E-state index in [-0.39, 0.29) is 44.3 Å². The molecule has 3 aromatic rings. The number of halogens is 3. The van der Waals surface area contributed by atoms with E-state index in [0.29, 0.717) is 6.07 Å². The zero-order valence-corrected chi connectivity index (χ0v) is 21.5. The molecule has 0 atom stereocenters. The average Bonchev–Trinajstić information content (AvgIpc) is 3.22. The van der Waals surface area contributed by atoms with Crippen LogP contribution < -0.4 is 15.6 Å². The van der Waals surface area contributed by atoms with E-state index in [4.69, 9.17) is 34.8 Å². The molecule has 1 aliphatic heterocycles. The van der Waals surface area contributed by atoms with Crippen LogP contribution in [0, 0.1) is 20.2 Å². The maximum atomic E-state index is 12.8. The lowest BCUT2D eigenvalue weighted by atomic mass is 10.1. The fourth-order valence-corrected chi connectivity index (χ4v) is 4.50. The number of nitrogens with zero attached hydrogens (tertiary/aromatic N) is 4. The first-order chi connectivity index (χ1) is 18.4. The molecule has 4 rings (SSSR count). The molecule has 1 heterocycles. The van der Waals surface area contributed by atoms with Gasteiger partial charge in [-0.05, 0) is 36.4 Å². The minimum Gasteiger partial charge on any atom is -0.322 e. The van der Waals surface area contributed by atoms with Crippen LogP contribution in [0.5, 0.6) is 0 Å². The monoisotopic (exact) mass is 590 g/mol. The van der Waals surface area contributed by atoms with Gasteiger partial charge in [0.05, 0.1) is 32.4 Å². The minimum absolute atomic E-state index is 0.00280. The Hall–Kier alpha value is -4.59. The summed E-state index contributed by atoms with van der Waals surface area (Å²) in [5, 5.41) is 32.6. The topological polar surface area (TPSA) is 177 Å². The van der Waals surface area contributed by atoms with Crippen molar-refractivity contribution in [1.29, 1.82) is 0 Å². The van der Waals surface area contributed by atoms with Crippen LogP contribution in [-0.2, 0) is 4.79 Å². The Bertz CT molecular complexity index is 1590. The van der Waals surface area contributed by atoms with Crippen LogP contribution in [0.1, 0.15) is 27.1 Å². The molecule has 0 bridgehead atoms. The summed E-state index contributed by atoms with van der Waals surface area (Å²) in [4.78, 5) is 58.6. The Morgan fingerprint density at radius 3 is 2.23 bits per heavy atom. The molecule has 0 fully saturated rings. The SMILES string of the molecule is O=C(NC1=NN(c2c(Cl)cc(Cl)cc2Cl)C(=O)C1)c1cccc(NC(=O)c2ccc([N+](=O)[O-])cc2[N+](=O)[O-])c1. The Balaban J connectivity index is 1.51. The van der Waals surface area contributed by atoms with Gasteiger partial charge in [-0.15, -0.1) is 0 Å². The number of amides is 3. The Morgan fingerprint density at radius 1 is 0.897 bits per heavy atom. The van der Waals surface area contributed by atoms with Crippen molar-refractivity contribution in [1.82, 2.24) is 5.32 Å². The van der Waals surface area contributed by atoms with Crippen LogP contribution in [0.2, 0.25) is 15.1 Å². The van der Waals surface area contributed by atoms with Crippen LogP contribution >= 0.6 is 34.8 Å². The highest BCUT2D eigenvalue weighted by Crippen LogP contribution is 2.38. The predicted octanol–water partition coefficient (Wildman–Crippen LogP) is 5.20. The number of hydrogen-bond acceptors (Lipinski definition) is 8. The molecular weight excluding hydrogens is 579 g/mol. The van der Waals surface area contributed by atoms with Gasteiger partial charge in [0.25, 0.3) is 29.1 Å². The number of nitro benzene ring substituents is 2. The lowest BCUT2D eigenvalue weighted by Gasteiger charge is -2.15. The molecular formula is C23H13Cl3N6O7. The smallest absolute Gasteiger partial charge is 0.289 e. The van der Waals surface area contributed by atoms with Crippen molar-refractivity contribution in [3.05, 3.63) is 101 Å². The van der Waals surface area contributed by atoms with Gasteiger partial charge in [-0.25, -0.2) is 0 Å². The van der Waals surface area contributed by atoms with Gasteiger partial charge in [-0.3, -0.25) is 34.6 Å². The molecule has 0 saturated carbocycles. The van der Waals surface area contributed by atoms with Gasteiger partial charge < -0.3 is 10.6 Å². The molecule has 0 aliphatic carbocycles. The first kappa shape index (κ1) is 27.4. The lowest BCUT2D eigenvalue weighted by molar-refractivity contribution is -0.394. The minimum atomic E-state index is -0.924. The van der Waals surface area contributed by atoms with Crippen molar-refractivity contribution in [2.45, 2.75) is 6.42 Å². The summed E-state index contributed by atoms with van der Waals surface area (Å²) in [7, 11) is 0. The van der Waals surface area contributed by atoms with E-state index >= 15 is 0 Å². The number of carbonyl (C=O) groups excluding carboxylic acids is 3. The first-order valence-electron chi connectivity index (χ1n) is 10.6. The van der Waals surface area contributed by atoms with Gasteiger partial charge >= 0.3 is 0 Å². The predicted molar refractivity (Wildman–Crippen MR) is 143 cm³/mol. The van der Waals surface area contributed by atoms with Crippen LogP contribution in [0.3, 0.4) is 0 Å². The van der Waals surface area contributed by atoms with E-state index in [1.807, 2.05) is 0 Å². The second-order valence-corrected chi connectivity index (χ2v) is 9.10. The Kier molecular flexibility index (Phi) is 7.76. The van der Waals surface area contributed by atoms with Gasteiger partial charge in [-0.2, -0.15) is 10.1 Å². The standard InChI is InChI=1S/C23H13Cl3N6O7/c24-12-7-16(25)21(17(26)8-12)30-20(33)10-19(29-30)28-22(34)11-2-1-3-13(6-11)27-23(35)15-5-4-14(31(36)37)9-18(15)32(38)39/h1-9H,10H2,(H,27,35)(H,28,29,34). The number of nitrogens with one attached hydrogen (secondary N) is 2. The number of nitro groups is 2. The van der Waals surface area contributed by atoms with Crippen molar-refractivity contribution in [2.75, 3.05) is 10.3 Å². The third-order valence-corrected chi connectivity index (χ3v) is 6.04. The number of anilines is 2. The molecule has 39 heavy (non-hydrogen) atoms. The van der Waals surface area contributed by atoms with Crippen molar-refractivity contribution < 1.29 is 24.2 Å². The van der Waals surface area contributed by atoms with E-state index in [2.05, 4.69) is 15.7 Å². The third kappa shape index (κ3) is 5.95. The van der Waals surface area contributed by atoms with Crippen LogP contribution in [0.25, 0.3) is 0 Å². The van der Waals surface area contributed by atoms with Crippen molar-refractivity contribution >= 4 is 81.1 Å². The molecule has 3 amide bonds. The summed E-state index contributed by atoms with van der Waals surface area (Å²) < 4.78 is 0. The van der Waals surface area contributed by atoms with E-state index in [1.165, 1.54) is 36.4 Å². The lowest BCUT2D eigenvalue weighted by Crippen LogP contribution is -2.29. The number of benzene rings is 3. The molecule has 2 N–H and O–H groups in total. The molecule has 0 saturated heterocycles. The number of hydrazone groups is 1. The van der Waals surface area contributed by atoms with Crippen molar-refractivity contribution in [3.63, 3.8) is 0 Å². The highest BCUT2D eigenvalue weighted by molar-refractivity contribution is 6.42. The highest BCUT2D eigenvalue weighted by Gasteiger charge is 2.30. The fraction of sp³-hybridized carbons (Fsp3) is 0.0435. The summed E-state index contributed by atoms with van der Waals surface area (Å²) in [6, 6.07) is 10.9. The summed E-state index contributed by atoms with van der Waals surface area (Å²) in [5.41, 5.74) is -1.47. The van der Waals surface area contributed by atoms with Crippen LogP contribution in [-0.4, -0.2) is 33.4 Å². The maximum absolute atomic E-state index is 12.8. The largest absolute Gasteiger partial charge is 0.322 e. The molecule has 0 spiro atoms. The quantitative estimate of drug-likeness (QED) is 0.292. The van der Waals surface area contributed by atoms with Gasteiger partial charge in [0, 0.05) is 22.3 Å². The number of amidine groups is 1. The third-order valence-electron chi connectivity index (χ3n) is 5.24. The van der Waals surface area contributed by atoms with E-state index < -0.39 is 44.5 Å². The number of hydrogen-bond donors (Lipinski definition) is 2. The molecule has 0 aromatic heterocycles. The highest BCUT2D eigenvalue weighted by atomic mass is 35.5. The van der Waals surface area contributed by atoms with Gasteiger partial charge in [-0.1, -0.05) is 40.9 Å². The Morgan fingerprint density at radius 2 is 1.59 bits per heavy atom. The molecule has 3 aromatic carbocycles. The zero-order valence-electron chi connectivity index (χ0n) is 19.2. The number of rotatable bonds is 6. The normalized spacial score (nSPS) is 12.6. The Labute approximate surface area is 233 Å². The molecule has 1 aliphatic rings. The average molecular weight is 592 g/mol. The van der Waals surface area contributed by atoms with Crippen molar-refractivity contribution in [3.8, 4) is 0 Å². The van der Waals surface area contributed by atoms with Gasteiger partial charge in [0.1, 0.15) is 17.1 Å². The molecule has 16 heteroatoms. The molecule has 13 nitrogen and oxygen atoms in total. The van der Waals surface area contributed by atoms with Crippen LogP contribution in [0.15, 0.2) is 59.7 Å². The summed E-state index contributed by atoms with van der Waals surface area (Å²) in [5.74, 6) is -2.11. The molecule has 198 valence electrons. The second-order valence-electron chi connectivity index (χ2n) is 7.85. The van der Waals surface area contributed by atoms with Gasteiger partial charge in [0.2, 0.25) is 0 Å². The fourth-order valence-electron chi connectivity index (χ4n) is 3.53. The van der Waals surface area contributed by atoms with E-state index in [1.54, 1.807) is 0 Å². The second kappa shape index (κ2) is 11.0. The maximum Gasteiger partial charge on any atom is 0.289 e. The van der Waals surface area contributed by atoms with E-state index in [0.717, 1.165) is 17.1 Å². The van der Waals surface area contributed by atoms with Gasteiger partial charge in [0.15, 0.2) is 0 Å². The first-order valence-corrected chi connectivity index (χ1v) is 11.8. The molecule has 0 unspecified atom stereocenters. The number of non-ortho nitro benzene ring substituents is 1. The zero-order chi connectivity index (χ0) is 28.4. The van der Waals surface area contributed by atoms with Crippen LogP contribution in [0.4, 0.5) is 22.7 Å². The summed E-state index contributed by atoms with van der Waals surface area (Å²) >= 11 is 18.2.